The van der Waals surface area contributed by atoms with Crippen molar-refractivity contribution in [2.24, 2.45) is 0 Å². The van der Waals surface area contributed by atoms with Gasteiger partial charge < -0.3 is 14.6 Å². The highest BCUT2D eigenvalue weighted by Crippen LogP contribution is 2.34. The zero-order valence-corrected chi connectivity index (χ0v) is 12.9. The van der Waals surface area contributed by atoms with Gasteiger partial charge in [-0.25, -0.2) is 4.79 Å². The van der Waals surface area contributed by atoms with E-state index in [1.807, 2.05) is 30.5 Å². The highest BCUT2D eigenvalue weighted by molar-refractivity contribution is 6.03. The Balaban J connectivity index is 1.52. The van der Waals surface area contributed by atoms with E-state index in [9.17, 15) is 4.79 Å². The Morgan fingerprint density at radius 3 is 2.77 bits per heavy atom. The molecule has 4 nitrogen and oxygen atoms in total. The Labute approximate surface area is 130 Å². The minimum absolute atomic E-state index is 0.0631. The molecule has 2 saturated heterocycles. The molecule has 2 aliphatic heterocycles. The van der Waals surface area contributed by atoms with E-state index in [1.54, 1.807) is 0 Å². The normalized spacial score (nSPS) is 28.7. The molecule has 2 aliphatic rings. The molecule has 3 heterocycles. The Bertz CT molecular complexity index is 679. The molecule has 2 aromatic rings. The molecular formula is C18H22N2O2. The molecule has 0 saturated carbocycles. The fourth-order valence-corrected chi connectivity index (χ4v) is 4.14. The van der Waals surface area contributed by atoms with E-state index in [2.05, 4.69) is 16.9 Å². The van der Waals surface area contributed by atoms with Crippen LogP contribution in [0.25, 0.3) is 10.9 Å². The van der Waals surface area contributed by atoms with Crippen molar-refractivity contribution in [2.75, 3.05) is 7.05 Å². The number of ether oxygens (including phenoxy) is 1. The van der Waals surface area contributed by atoms with Crippen LogP contribution in [0.15, 0.2) is 30.5 Å². The highest BCUT2D eigenvalue weighted by atomic mass is 16.5. The third-order valence-corrected chi connectivity index (χ3v) is 5.39. The quantitative estimate of drug-likeness (QED) is 0.865. The lowest BCUT2D eigenvalue weighted by Crippen LogP contribution is -2.52. The second-order valence-corrected chi connectivity index (χ2v) is 6.65. The maximum absolute atomic E-state index is 12.6. The average molecular weight is 298 g/mol. The van der Waals surface area contributed by atoms with Gasteiger partial charge in [-0.05, 0) is 38.1 Å². The molecule has 0 radical (unpaired) electrons. The van der Waals surface area contributed by atoms with Crippen molar-refractivity contribution in [3.05, 3.63) is 36.0 Å². The van der Waals surface area contributed by atoms with Gasteiger partial charge in [0.1, 0.15) is 6.10 Å². The topological polar surface area (TPSA) is 45.3 Å². The van der Waals surface area contributed by atoms with Crippen LogP contribution in [0.3, 0.4) is 0 Å². The van der Waals surface area contributed by atoms with Crippen LogP contribution in [-0.2, 0) is 4.74 Å². The molecule has 2 atom stereocenters. The summed E-state index contributed by atoms with van der Waals surface area (Å²) in [5.74, 6) is -0.183. The van der Waals surface area contributed by atoms with E-state index in [-0.39, 0.29) is 12.1 Å². The zero-order valence-electron chi connectivity index (χ0n) is 12.9. The third kappa shape index (κ3) is 2.31. The molecule has 0 amide bonds. The minimum atomic E-state index is -0.183. The lowest BCUT2D eigenvalue weighted by molar-refractivity contribution is -0.0317. The number of piperidine rings is 2. The van der Waals surface area contributed by atoms with Crippen molar-refractivity contribution >= 4 is 16.9 Å². The first-order chi connectivity index (χ1) is 10.7. The number of carbonyl (C=O) groups excluding carboxylic acids is 1. The van der Waals surface area contributed by atoms with Crippen LogP contribution >= 0.6 is 0 Å². The van der Waals surface area contributed by atoms with Crippen molar-refractivity contribution in [3.63, 3.8) is 0 Å². The summed E-state index contributed by atoms with van der Waals surface area (Å²) in [7, 11) is 2.22. The zero-order chi connectivity index (χ0) is 15.1. The van der Waals surface area contributed by atoms with Gasteiger partial charge in [0.05, 0.1) is 5.56 Å². The number of hydrogen-bond acceptors (Lipinski definition) is 3. The molecule has 2 unspecified atom stereocenters. The van der Waals surface area contributed by atoms with Gasteiger partial charge in [0.25, 0.3) is 0 Å². The number of rotatable bonds is 2. The van der Waals surface area contributed by atoms with Gasteiger partial charge in [-0.3, -0.25) is 0 Å². The van der Waals surface area contributed by atoms with E-state index in [0.717, 1.165) is 23.7 Å². The van der Waals surface area contributed by atoms with Crippen molar-refractivity contribution in [3.8, 4) is 0 Å². The average Bonchev–Trinajstić information content (AvgIpc) is 2.96. The fourth-order valence-electron chi connectivity index (χ4n) is 4.14. The van der Waals surface area contributed by atoms with Crippen LogP contribution in [0.5, 0.6) is 0 Å². The molecule has 4 heteroatoms. The maximum atomic E-state index is 12.6. The van der Waals surface area contributed by atoms with E-state index in [0.29, 0.717) is 17.6 Å². The standard InChI is InChI=1S/C18H22N2O2/c1-20-12-4-2-5-13(20)11-14(10-12)22-18(21)16-6-3-7-17-15(16)8-9-19-17/h3,6-9,12-14,19H,2,4-5,10-11H2,1H3. The molecule has 1 N–H and O–H groups in total. The Hall–Kier alpha value is -1.81. The van der Waals surface area contributed by atoms with Gasteiger partial charge in [0.15, 0.2) is 0 Å². The first-order valence-electron chi connectivity index (χ1n) is 8.21. The third-order valence-electron chi connectivity index (χ3n) is 5.39. The molecule has 22 heavy (non-hydrogen) atoms. The van der Waals surface area contributed by atoms with Crippen LogP contribution in [0.2, 0.25) is 0 Å². The largest absolute Gasteiger partial charge is 0.459 e. The summed E-state index contributed by atoms with van der Waals surface area (Å²) >= 11 is 0. The highest BCUT2D eigenvalue weighted by Gasteiger charge is 2.37. The SMILES string of the molecule is CN1C2CCCC1CC(OC(=O)c1cccc3[nH]ccc13)C2. The molecular weight excluding hydrogens is 276 g/mol. The van der Waals surface area contributed by atoms with Crippen LogP contribution < -0.4 is 0 Å². The number of carbonyl (C=O) groups is 1. The van der Waals surface area contributed by atoms with Crippen molar-refractivity contribution in [2.45, 2.75) is 50.3 Å². The first kappa shape index (κ1) is 13.8. The second kappa shape index (κ2) is 5.43. The molecule has 116 valence electrons. The second-order valence-electron chi connectivity index (χ2n) is 6.65. The van der Waals surface area contributed by atoms with Crippen molar-refractivity contribution in [1.29, 1.82) is 0 Å². The number of H-pyrrole nitrogens is 1. The lowest BCUT2D eigenvalue weighted by Gasteiger charge is -2.46. The first-order valence-corrected chi connectivity index (χ1v) is 8.21. The van der Waals surface area contributed by atoms with Crippen LogP contribution in [0, 0.1) is 0 Å². The van der Waals surface area contributed by atoms with Gasteiger partial charge in [-0.2, -0.15) is 0 Å². The van der Waals surface area contributed by atoms with Gasteiger partial charge >= 0.3 is 5.97 Å². The van der Waals surface area contributed by atoms with E-state index in [4.69, 9.17) is 4.74 Å². The minimum Gasteiger partial charge on any atom is -0.459 e. The number of nitrogens with one attached hydrogen (secondary N) is 1. The molecule has 0 spiro atoms. The van der Waals surface area contributed by atoms with Crippen molar-refractivity contribution < 1.29 is 9.53 Å². The summed E-state index contributed by atoms with van der Waals surface area (Å²) in [4.78, 5) is 18.2. The maximum Gasteiger partial charge on any atom is 0.339 e. The Kier molecular flexibility index (Phi) is 3.41. The summed E-state index contributed by atoms with van der Waals surface area (Å²) < 4.78 is 5.86. The Morgan fingerprint density at radius 1 is 1.23 bits per heavy atom. The molecule has 1 aromatic carbocycles. The summed E-state index contributed by atoms with van der Waals surface area (Å²) in [6.07, 6.45) is 7.64. The summed E-state index contributed by atoms with van der Waals surface area (Å²) in [5, 5.41) is 0.945. The van der Waals surface area contributed by atoms with Crippen molar-refractivity contribution in [1.82, 2.24) is 9.88 Å². The predicted molar refractivity (Wildman–Crippen MR) is 85.9 cm³/mol. The number of hydrogen-bond donors (Lipinski definition) is 1. The number of nitrogens with zero attached hydrogens (tertiary/aromatic N) is 1. The van der Waals surface area contributed by atoms with E-state index in [1.165, 1.54) is 19.3 Å². The number of benzene rings is 1. The van der Waals surface area contributed by atoms with Crippen LogP contribution in [0.1, 0.15) is 42.5 Å². The van der Waals surface area contributed by atoms with Gasteiger partial charge in [0.2, 0.25) is 0 Å². The summed E-state index contributed by atoms with van der Waals surface area (Å²) in [5.41, 5.74) is 1.65. The molecule has 2 fully saturated rings. The van der Waals surface area contributed by atoms with Gasteiger partial charge in [0, 0.05) is 42.0 Å². The van der Waals surface area contributed by atoms with E-state index >= 15 is 0 Å². The summed E-state index contributed by atoms with van der Waals surface area (Å²) in [6, 6.07) is 8.83. The van der Waals surface area contributed by atoms with Crippen LogP contribution in [0.4, 0.5) is 0 Å². The van der Waals surface area contributed by atoms with E-state index < -0.39 is 0 Å². The Morgan fingerprint density at radius 2 is 2.00 bits per heavy atom. The number of aromatic nitrogens is 1. The molecule has 4 rings (SSSR count). The van der Waals surface area contributed by atoms with Gasteiger partial charge in [-0.1, -0.05) is 12.5 Å². The molecule has 0 aliphatic carbocycles. The lowest BCUT2D eigenvalue weighted by atomic mass is 9.83. The monoisotopic (exact) mass is 298 g/mol. The number of aromatic amines is 1. The van der Waals surface area contributed by atoms with Gasteiger partial charge in [-0.15, -0.1) is 0 Å². The number of esters is 1. The molecule has 2 bridgehead atoms. The smallest absolute Gasteiger partial charge is 0.339 e. The molecule has 1 aromatic heterocycles. The fraction of sp³-hybridized carbons (Fsp3) is 0.500. The number of fused-ring (bicyclic) bond motifs is 3. The summed E-state index contributed by atoms with van der Waals surface area (Å²) in [6.45, 7) is 0. The predicted octanol–water partition coefficient (Wildman–Crippen LogP) is 3.34. The van der Waals surface area contributed by atoms with Crippen LogP contribution in [-0.4, -0.2) is 41.1 Å².